The SMILES string of the molecule is Cc1nccnc1NCCCC(C)C. The molecule has 0 aliphatic rings. The highest BCUT2D eigenvalue weighted by Crippen LogP contribution is 2.07. The highest BCUT2D eigenvalue weighted by Gasteiger charge is 1.98. The summed E-state index contributed by atoms with van der Waals surface area (Å²) in [5.41, 5.74) is 0.969. The summed E-state index contributed by atoms with van der Waals surface area (Å²) in [4.78, 5) is 8.39. The maximum Gasteiger partial charge on any atom is 0.147 e. The van der Waals surface area contributed by atoms with Crippen LogP contribution in [0, 0.1) is 12.8 Å². The fourth-order valence-electron chi connectivity index (χ4n) is 1.30. The minimum Gasteiger partial charge on any atom is -0.369 e. The van der Waals surface area contributed by atoms with Gasteiger partial charge in [-0.2, -0.15) is 0 Å². The summed E-state index contributed by atoms with van der Waals surface area (Å²) in [5, 5.41) is 3.29. The van der Waals surface area contributed by atoms with E-state index in [1.54, 1.807) is 12.4 Å². The predicted octanol–water partition coefficient (Wildman–Crippen LogP) is 2.63. The number of hydrogen-bond acceptors (Lipinski definition) is 3. The Morgan fingerprint density at radius 3 is 2.64 bits per heavy atom. The molecule has 1 aromatic heterocycles. The van der Waals surface area contributed by atoms with Gasteiger partial charge in [-0.25, -0.2) is 4.98 Å². The second-order valence-electron chi connectivity index (χ2n) is 3.95. The van der Waals surface area contributed by atoms with E-state index in [4.69, 9.17) is 0 Å². The molecular formula is C11H19N3. The first-order valence-corrected chi connectivity index (χ1v) is 5.21. The standard InChI is InChI=1S/C11H19N3/c1-9(2)5-4-6-13-11-10(3)12-7-8-14-11/h7-9H,4-6H2,1-3H3,(H,13,14). The van der Waals surface area contributed by atoms with Crippen LogP contribution in [0.2, 0.25) is 0 Å². The van der Waals surface area contributed by atoms with Crippen molar-refractivity contribution in [2.45, 2.75) is 33.6 Å². The van der Waals surface area contributed by atoms with Crippen LogP contribution < -0.4 is 5.32 Å². The summed E-state index contributed by atoms with van der Waals surface area (Å²) in [5.74, 6) is 1.69. The molecule has 78 valence electrons. The van der Waals surface area contributed by atoms with Gasteiger partial charge in [0.15, 0.2) is 0 Å². The van der Waals surface area contributed by atoms with Crippen LogP contribution in [-0.2, 0) is 0 Å². The van der Waals surface area contributed by atoms with Gasteiger partial charge in [0.25, 0.3) is 0 Å². The lowest BCUT2D eigenvalue weighted by Gasteiger charge is -2.08. The third kappa shape index (κ3) is 3.73. The fraction of sp³-hybridized carbons (Fsp3) is 0.636. The summed E-state index contributed by atoms with van der Waals surface area (Å²) in [7, 11) is 0. The van der Waals surface area contributed by atoms with Crippen LogP contribution in [-0.4, -0.2) is 16.5 Å². The molecule has 0 atom stereocenters. The molecule has 1 aromatic rings. The van der Waals surface area contributed by atoms with E-state index in [1.165, 1.54) is 12.8 Å². The zero-order chi connectivity index (χ0) is 10.4. The van der Waals surface area contributed by atoms with Gasteiger partial charge >= 0.3 is 0 Å². The van der Waals surface area contributed by atoms with Crippen molar-refractivity contribution in [1.82, 2.24) is 9.97 Å². The van der Waals surface area contributed by atoms with E-state index in [9.17, 15) is 0 Å². The Labute approximate surface area is 86.0 Å². The molecule has 1 rings (SSSR count). The minimum absolute atomic E-state index is 0.778. The van der Waals surface area contributed by atoms with Crippen molar-refractivity contribution in [3.8, 4) is 0 Å². The highest BCUT2D eigenvalue weighted by atomic mass is 15.0. The largest absolute Gasteiger partial charge is 0.369 e. The second kappa shape index (κ2) is 5.58. The van der Waals surface area contributed by atoms with E-state index in [1.807, 2.05) is 6.92 Å². The maximum atomic E-state index is 4.22. The molecule has 0 fully saturated rings. The van der Waals surface area contributed by atoms with Gasteiger partial charge in [0, 0.05) is 18.9 Å². The van der Waals surface area contributed by atoms with Crippen molar-refractivity contribution in [2.24, 2.45) is 5.92 Å². The lowest BCUT2D eigenvalue weighted by molar-refractivity contribution is 0.566. The van der Waals surface area contributed by atoms with E-state index in [2.05, 4.69) is 29.1 Å². The molecule has 0 saturated heterocycles. The quantitative estimate of drug-likeness (QED) is 0.730. The monoisotopic (exact) mass is 193 g/mol. The van der Waals surface area contributed by atoms with Crippen molar-refractivity contribution in [3.05, 3.63) is 18.1 Å². The number of rotatable bonds is 5. The molecule has 0 radical (unpaired) electrons. The predicted molar refractivity (Wildman–Crippen MR) is 59.3 cm³/mol. The molecule has 0 unspecified atom stereocenters. The average molecular weight is 193 g/mol. The van der Waals surface area contributed by atoms with Gasteiger partial charge < -0.3 is 5.32 Å². The smallest absolute Gasteiger partial charge is 0.147 e. The molecule has 3 nitrogen and oxygen atoms in total. The van der Waals surface area contributed by atoms with Gasteiger partial charge in [-0.3, -0.25) is 4.98 Å². The Morgan fingerprint density at radius 1 is 1.29 bits per heavy atom. The van der Waals surface area contributed by atoms with Crippen molar-refractivity contribution in [1.29, 1.82) is 0 Å². The molecule has 0 aromatic carbocycles. The van der Waals surface area contributed by atoms with E-state index in [-0.39, 0.29) is 0 Å². The van der Waals surface area contributed by atoms with Crippen molar-refractivity contribution in [2.75, 3.05) is 11.9 Å². The molecule has 1 heterocycles. The topological polar surface area (TPSA) is 37.8 Å². The molecule has 0 saturated carbocycles. The number of nitrogens with one attached hydrogen (secondary N) is 1. The van der Waals surface area contributed by atoms with Gasteiger partial charge in [0.2, 0.25) is 0 Å². The number of anilines is 1. The normalized spacial score (nSPS) is 10.6. The number of nitrogens with zero attached hydrogens (tertiary/aromatic N) is 2. The third-order valence-electron chi connectivity index (χ3n) is 2.13. The van der Waals surface area contributed by atoms with Crippen LogP contribution >= 0.6 is 0 Å². The first-order valence-electron chi connectivity index (χ1n) is 5.21. The van der Waals surface area contributed by atoms with Gasteiger partial charge in [-0.05, 0) is 25.7 Å². The van der Waals surface area contributed by atoms with Crippen LogP contribution in [0.3, 0.4) is 0 Å². The van der Waals surface area contributed by atoms with E-state index < -0.39 is 0 Å². The van der Waals surface area contributed by atoms with Crippen LogP contribution in [0.5, 0.6) is 0 Å². The average Bonchev–Trinajstić information content (AvgIpc) is 2.15. The van der Waals surface area contributed by atoms with Gasteiger partial charge in [-0.1, -0.05) is 13.8 Å². The first kappa shape index (κ1) is 11.0. The summed E-state index contributed by atoms with van der Waals surface area (Å²) < 4.78 is 0. The Bertz CT molecular complexity index is 271. The van der Waals surface area contributed by atoms with E-state index >= 15 is 0 Å². The van der Waals surface area contributed by atoms with Crippen LogP contribution in [0.25, 0.3) is 0 Å². The number of aromatic nitrogens is 2. The molecular weight excluding hydrogens is 174 g/mol. The third-order valence-corrected chi connectivity index (χ3v) is 2.13. The molecule has 0 amide bonds. The Kier molecular flexibility index (Phi) is 4.36. The van der Waals surface area contributed by atoms with Crippen molar-refractivity contribution < 1.29 is 0 Å². The van der Waals surface area contributed by atoms with E-state index in [0.717, 1.165) is 24.0 Å². The van der Waals surface area contributed by atoms with Gasteiger partial charge in [-0.15, -0.1) is 0 Å². The molecule has 0 bridgehead atoms. The number of hydrogen-bond donors (Lipinski definition) is 1. The summed E-state index contributed by atoms with van der Waals surface area (Å²) in [6.45, 7) is 7.44. The molecule has 0 spiro atoms. The van der Waals surface area contributed by atoms with Crippen LogP contribution in [0.1, 0.15) is 32.4 Å². The van der Waals surface area contributed by atoms with Crippen molar-refractivity contribution >= 4 is 5.82 Å². The van der Waals surface area contributed by atoms with Crippen LogP contribution in [0.15, 0.2) is 12.4 Å². The maximum absolute atomic E-state index is 4.22. The van der Waals surface area contributed by atoms with Gasteiger partial charge in [0.1, 0.15) is 5.82 Å². The number of aryl methyl sites for hydroxylation is 1. The Balaban J connectivity index is 2.28. The summed E-state index contributed by atoms with van der Waals surface area (Å²) >= 11 is 0. The zero-order valence-electron chi connectivity index (χ0n) is 9.25. The second-order valence-corrected chi connectivity index (χ2v) is 3.95. The zero-order valence-corrected chi connectivity index (χ0v) is 9.25. The first-order chi connectivity index (χ1) is 6.70. The highest BCUT2D eigenvalue weighted by molar-refractivity contribution is 5.37. The molecule has 0 aliphatic carbocycles. The molecule has 3 heteroatoms. The summed E-state index contributed by atoms with van der Waals surface area (Å²) in [6, 6.07) is 0. The van der Waals surface area contributed by atoms with E-state index in [0.29, 0.717) is 0 Å². The van der Waals surface area contributed by atoms with Crippen molar-refractivity contribution in [3.63, 3.8) is 0 Å². The Hall–Kier alpha value is -1.12. The lowest BCUT2D eigenvalue weighted by Crippen LogP contribution is -2.06. The fourth-order valence-corrected chi connectivity index (χ4v) is 1.30. The molecule has 1 N–H and O–H groups in total. The summed E-state index contributed by atoms with van der Waals surface area (Å²) in [6.07, 6.45) is 5.88. The molecule has 0 aliphatic heterocycles. The minimum atomic E-state index is 0.778. The van der Waals surface area contributed by atoms with Gasteiger partial charge in [0.05, 0.1) is 5.69 Å². The Morgan fingerprint density at radius 2 is 2.00 bits per heavy atom. The molecule has 14 heavy (non-hydrogen) atoms. The lowest BCUT2D eigenvalue weighted by atomic mass is 10.1. The van der Waals surface area contributed by atoms with Crippen LogP contribution in [0.4, 0.5) is 5.82 Å².